The van der Waals surface area contributed by atoms with Crippen LogP contribution in [0.15, 0.2) is 41.2 Å². The van der Waals surface area contributed by atoms with Gasteiger partial charge in [-0.3, -0.25) is 9.80 Å². The van der Waals surface area contributed by atoms with Gasteiger partial charge in [-0.2, -0.15) is 0 Å². The molecule has 2 aromatic rings. The number of aliphatic hydroxyl groups is 1. The van der Waals surface area contributed by atoms with Crippen LogP contribution < -0.4 is 0 Å². The predicted octanol–water partition coefficient (Wildman–Crippen LogP) is 2.38. The average Bonchev–Trinajstić information content (AvgIpc) is 3.04. The molecule has 1 aliphatic rings. The average molecular weight is 317 g/mol. The van der Waals surface area contributed by atoms with Crippen LogP contribution in [-0.4, -0.2) is 52.1 Å². The van der Waals surface area contributed by atoms with E-state index in [-0.39, 0.29) is 0 Å². The summed E-state index contributed by atoms with van der Waals surface area (Å²) in [6, 6.07) is 10.4. The minimum absolute atomic E-state index is 0.409. The van der Waals surface area contributed by atoms with Crippen molar-refractivity contribution in [1.82, 2.24) is 14.8 Å². The molecule has 0 spiro atoms. The summed E-state index contributed by atoms with van der Waals surface area (Å²) >= 11 is 1.65. The van der Waals surface area contributed by atoms with Gasteiger partial charge >= 0.3 is 0 Å². The van der Waals surface area contributed by atoms with E-state index in [1.807, 2.05) is 35.8 Å². The Labute approximate surface area is 136 Å². The van der Waals surface area contributed by atoms with Gasteiger partial charge in [-0.05, 0) is 12.5 Å². The summed E-state index contributed by atoms with van der Waals surface area (Å²) in [5.41, 5.74) is 4.06. The SMILES string of the molecule is CC1CN(Cc2cscn2)CCN1CC(O)c1ccccc1. The van der Waals surface area contributed by atoms with Gasteiger partial charge in [0.15, 0.2) is 0 Å². The van der Waals surface area contributed by atoms with Crippen LogP contribution in [0.4, 0.5) is 0 Å². The van der Waals surface area contributed by atoms with Gasteiger partial charge in [0.2, 0.25) is 0 Å². The summed E-state index contributed by atoms with van der Waals surface area (Å²) in [5.74, 6) is 0. The molecule has 1 N–H and O–H groups in total. The van der Waals surface area contributed by atoms with Gasteiger partial charge in [0.25, 0.3) is 0 Å². The fourth-order valence-corrected chi connectivity index (χ4v) is 3.58. The highest BCUT2D eigenvalue weighted by atomic mass is 32.1. The lowest BCUT2D eigenvalue weighted by molar-refractivity contribution is 0.0359. The third-order valence-corrected chi connectivity index (χ3v) is 4.95. The van der Waals surface area contributed by atoms with E-state index in [1.54, 1.807) is 11.3 Å². The van der Waals surface area contributed by atoms with E-state index in [0.717, 1.165) is 37.4 Å². The normalized spacial score (nSPS) is 21.8. The number of aliphatic hydroxyl groups excluding tert-OH is 1. The fraction of sp³-hybridized carbons (Fsp3) is 0.471. The predicted molar refractivity (Wildman–Crippen MR) is 89.8 cm³/mol. The first-order chi connectivity index (χ1) is 10.7. The second-order valence-corrected chi connectivity index (χ2v) is 6.70. The van der Waals surface area contributed by atoms with E-state index in [4.69, 9.17) is 0 Å². The summed E-state index contributed by atoms with van der Waals surface area (Å²) < 4.78 is 0. The Morgan fingerprint density at radius 1 is 1.32 bits per heavy atom. The Kier molecular flexibility index (Phi) is 5.20. The molecule has 1 fully saturated rings. The number of rotatable bonds is 5. The van der Waals surface area contributed by atoms with E-state index in [2.05, 4.69) is 27.1 Å². The Bertz CT molecular complexity index is 561. The third kappa shape index (κ3) is 3.93. The molecule has 0 radical (unpaired) electrons. The van der Waals surface area contributed by atoms with Crippen molar-refractivity contribution in [3.63, 3.8) is 0 Å². The van der Waals surface area contributed by atoms with Crippen molar-refractivity contribution in [3.8, 4) is 0 Å². The molecule has 5 heteroatoms. The number of piperazine rings is 1. The van der Waals surface area contributed by atoms with Crippen LogP contribution in [0.5, 0.6) is 0 Å². The monoisotopic (exact) mass is 317 g/mol. The molecular weight excluding hydrogens is 294 g/mol. The smallest absolute Gasteiger partial charge is 0.0917 e. The minimum atomic E-state index is -0.409. The Morgan fingerprint density at radius 2 is 2.14 bits per heavy atom. The maximum Gasteiger partial charge on any atom is 0.0917 e. The maximum absolute atomic E-state index is 10.4. The third-order valence-electron chi connectivity index (χ3n) is 4.31. The Hall–Kier alpha value is -1.27. The highest BCUT2D eigenvalue weighted by Crippen LogP contribution is 2.18. The molecule has 1 aliphatic heterocycles. The van der Waals surface area contributed by atoms with Gasteiger partial charge in [-0.15, -0.1) is 11.3 Å². The number of benzene rings is 1. The molecule has 1 aromatic carbocycles. The topological polar surface area (TPSA) is 39.6 Å². The van der Waals surface area contributed by atoms with Crippen LogP contribution in [-0.2, 0) is 6.54 Å². The molecule has 0 bridgehead atoms. The largest absolute Gasteiger partial charge is 0.387 e. The summed E-state index contributed by atoms with van der Waals surface area (Å²) in [7, 11) is 0. The maximum atomic E-state index is 10.4. The van der Waals surface area contributed by atoms with Crippen LogP contribution in [0, 0.1) is 0 Å². The van der Waals surface area contributed by atoms with E-state index < -0.39 is 6.10 Å². The first-order valence-electron chi connectivity index (χ1n) is 7.79. The minimum Gasteiger partial charge on any atom is -0.387 e. The van der Waals surface area contributed by atoms with Crippen molar-refractivity contribution < 1.29 is 5.11 Å². The standard InChI is InChI=1S/C17H23N3OS/c1-14-9-19(10-16-12-22-13-18-16)7-8-20(14)11-17(21)15-5-3-2-4-6-15/h2-6,12-14,17,21H,7-11H2,1H3. The van der Waals surface area contributed by atoms with E-state index >= 15 is 0 Å². The zero-order chi connectivity index (χ0) is 15.4. The van der Waals surface area contributed by atoms with Crippen LogP contribution >= 0.6 is 11.3 Å². The fourth-order valence-electron chi connectivity index (χ4n) is 3.03. The molecule has 2 unspecified atom stereocenters. The van der Waals surface area contributed by atoms with Crippen molar-refractivity contribution in [2.45, 2.75) is 25.6 Å². The molecule has 0 amide bonds. The van der Waals surface area contributed by atoms with Crippen LogP contribution in [0.3, 0.4) is 0 Å². The first-order valence-corrected chi connectivity index (χ1v) is 8.73. The molecule has 4 nitrogen and oxygen atoms in total. The van der Waals surface area contributed by atoms with Crippen LogP contribution in [0.25, 0.3) is 0 Å². The second-order valence-electron chi connectivity index (χ2n) is 5.99. The molecule has 1 saturated heterocycles. The van der Waals surface area contributed by atoms with E-state index in [1.165, 1.54) is 0 Å². The number of hydrogen-bond donors (Lipinski definition) is 1. The summed E-state index contributed by atoms with van der Waals surface area (Å²) in [5, 5.41) is 12.5. The second kappa shape index (κ2) is 7.33. The molecule has 1 aromatic heterocycles. The van der Waals surface area contributed by atoms with E-state index in [0.29, 0.717) is 12.6 Å². The molecule has 22 heavy (non-hydrogen) atoms. The Morgan fingerprint density at radius 3 is 2.82 bits per heavy atom. The Balaban J connectivity index is 1.52. The lowest BCUT2D eigenvalue weighted by atomic mass is 10.1. The number of β-amino-alcohol motifs (C(OH)–C–C–N with tert-alkyl or cyclic N) is 1. The first kappa shape index (κ1) is 15.6. The van der Waals surface area contributed by atoms with Crippen LogP contribution in [0.2, 0.25) is 0 Å². The number of thiazole rings is 1. The van der Waals surface area contributed by atoms with Crippen molar-refractivity contribution in [2.24, 2.45) is 0 Å². The van der Waals surface area contributed by atoms with Crippen LogP contribution in [0.1, 0.15) is 24.3 Å². The number of hydrogen-bond acceptors (Lipinski definition) is 5. The lowest BCUT2D eigenvalue weighted by Crippen LogP contribution is -2.52. The molecule has 3 rings (SSSR count). The summed E-state index contributed by atoms with van der Waals surface area (Å²) in [4.78, 5) is 9.20. The summed E-state index contributed by atoms with van der Waals surface area (Å²) in [6.45, 7) is 6.93. The molecule has 2 atom stereocenters. The number of nitrogens with zero attached hydrogens (tertiary/aromatic N) is 3. The number of aromatic nitrogens is 1. The van der Waals surface area contributed by atoms with Gasteiger partial charge in [0.05, 0.1) is 17.3 Å². The van der Waals surface area contributed by atoms with Gasteiger partial charge < -0.3 is 5.11 Å². The molecule has 0 saturated carbocycles. The van der Waals surface area contributed by atoms with Gasteiger partial charge in [0, 0.05) is 44.1 Å². The van der Waals surface area contributed by atoms with Crippen molar-refractivity contribution >= 4 is 11.3 Å². The van der Waals surface area contributed by atoms with E-state index in [9.17, 15) is 5.11 Å². The zero-order valence-electron chi connectivity index (χ0n) is 12.9. The van der Waals surface area contributed by atoms with Gasteiger partial charge in [0.1, 0.15) is 0 Å². The highest BCUT2D eigenvalue weighted by Gasteiger charge is 2.25. The summed E-state index contributed by atoms with van der Waals surface area (Å²) in [6.07, 6.45) is -0.409. The lowest BCUT2D eigenvalue weighted by Gasteiger charge is -2.40. The van der Waals surface area contributed by atoms with Gasteiger partial charge in [-0.1, -0.05) is 30.3 Å². The molecule has 2 heterocycles. The van der Waals surface area contributed by atoms with Crippen molar-refractivity contribution in [2.75, 3.05) is 26.2 Å². The molecule has 0 aliphatic carbocycles. The molecular formula is C17H23N3OS. The van der Waals surface area contributed by atoms with Crippen molar-refractivity contribution in [1.29, 1.82) is 0 Å². The molecule has 118 valence electrons. The van der Waals surface area contributed by atoms with Crippen molar-refractivity contribution in [3.05, 3.63) is 52.5 Å². The van der Waals surface area contributed by atoms with Gasteiger partial charge in [-0.25, -0.2) is 4.98 Å². The quantitative estimate of drug-likeness (QED) is 0.919. The highest BCUT2D eigenvalue weighted by molar-refractivity contribution is 7.07. The zero-order valence-corrected chi connectivity index (χ0v) is 13.7.